The van der Waals surface area contributed by atoms with Crippen LogP contribution in [0.1, 0.15) is 11.1 Å². The molecule has 0 radical (unpaired) electrons. The number of carbonyl (C=O) groups excluding carboxylic acids is 1. The molecule has 1 aliphatic rings. The number of amides is 1. The Balaban J connectivity index is 1.56. The predicted octanol–water partition coefficient (Wildman–Crippen LogP) is 3.03. The van der Waals surface area contributed by atoms with Gasteiger partial charge in [0.05, 0.1) is 13.5 Å². The summed E-state index contributed by atoms with van der Waals surface area (Å²) in [6.45, 7) is 4.88. The van der Waals surface area contributed by atoms with Crippen LogP contribution in [0, 0.1) is 12.7 Å². The second kappa shape index (κ2) is 7.55. The molecule has 0 atom stereocenters. The van der Waals surface area contributed by atoms with Crippen molar-refractivity contribution in [3.63, 3.8) is 0 Å². The van der Waals surface area contributed by atoms with Gasteiger partial charge in [0.15, 0.2) is 0 Å². The van der Waals surface area contributed by atoms with Crippen molar-refractivity contribution in [3.8, 4) is 5.75 Å². The Labute approximate surface area is 147 Å². The SMILES string of the molecule is COc1ccc(CC(=O)N2CCN(c3ccc(F)cc3)CC2)cc1C. The summed E-state index contributed by atoms with van der Waals surface area (Å²) in [4.78, 5) is 16.6. The van der Waals surface area contributed by atoms with Crippen LogP contribution in [0.4, 0.5) is 10.1 Å². The van der Waals surface area contributed by atoms with Gasteiger partial charge >= 0.3 is 0 Å². The van der Waals surface area contributed by atoms with E-state index in [1.165, 1.54) is 12.1 Å². The Bertz CT molecular complexity index is 738. The number of aryl methyl sites for hydroxylation is 1. The first-order chi connectivity index (χ1) is 12.1. The molecule has 2 aromatic rings. The number of benzene rings is 2. The minimum atomic E-state index is -0.229. The number of anilines is 1. The second-order valence-electron chi connectivity index (χ2n) is 6.33. The Kier molecular flexibility index (Phi) is 5.22. The molecule has 3 rings (SSSR count). The molecule has 1 fully saturated rings. The molecule has 0 bridgehead atoms. The number of halogens is 1. The number of rotatable bonds is 4. The molecule has 0 aromatic heterocycles. The number of hydrogen-bond donors (Lipinski definition) is 0. The van der Waals surface area contributed by atoms with E-state index in [-0.39, 0.29) is 11.7 Å². The van der Waals surface area contributed by atoms with Crippen molar-refractivity contribution in [2.75, 3.05) is 38.2 Å². The van der Waals surface area contributed by atoms with Crippen LogP contribution in [-0.4, -0.2) is 44.1 Å². The molecule has 0 saturated carbocycles. The van der Waals surface area contributed by atoms with Gasteiger partial charge < -0.3 is 14.5 Å². The maximum absolute atomic E-state index is 13.0. The van der Waals surface area contributed by atoms with Crippen LogP contribution in [-0.2, 0) is 11.2 Å². The van der Waals surface area contributed by atoms with Gasteiger partial charge in [-0.2, -0.15) is 0 Å². The van der Waals surface area contributed by atoms with Crippen molar-refractivity contribution in [1.82, 2.24) is 4.90 Å². The fourth-order valence-corrected chi connectivity index (χ4v) is 3.20. The molecule has 1 aliphatic heterocycles. The molecule has 0 aliphatic carbocycles. The molecular formula is C20H23FN2O2. The minimum Gasteiger partial charge on any atom is -0.496 e. The van der Waals surface area contributed by atoms with E-state index in [1.54, 1.807) is 19.2 Å². The molecule has 1 saturated heterocycles. The first-order valence-corrected chi connectivity index (χ1v) is 8.48. The highest BCUT2D eigenvalue weighted by Crippen LogP contribution is 2.20. The average molecular weight is 342 g/mol. The Morgan fingerprint density at radius 3 is 2.36 bits per heavy atom. The van der Waals surface area contributed by atoms with Gasteiger partial charge in [-0.25, -0.2) is 4.39 Å². The summed E-state index contributed by atoms with van der Waals surface area (Å²) >= 11 is 0. The normalized spacial score (nSPS) is 14.5. The highest BCUT2D eigenvalue weighted by molar-refractivity contribution is 5.79. The quantitative estimate of drug-likeness (QED) is 0.856. The van der Waals surface area contributed by atoms with E-state index < -0.39 is 0 Å². The van der Waals surface area contributed by atoms with Gasteiger partial charge in [0.2, 0.25) is 5.91 Å². The van der Waals surface area contributed by atoms with Gasteiger partial charge in [0.1, 0.15) is 11.6 Å². The zero-order valence-electron chi connectivity index (χ0n) is 14.7. The maximum atomic E-state index is 13.0. The lowest BCUT2D eigenvalue weighted by Gasteiger charge is -2.36. The summed E-state index contributed by atoms with van der Waals surface area (Å²) in [6.07, 6.45) is 0.404. The first kappa shape index (κ1) is 17.3. The van der Waals surface area contributed by atoms with E-state index in [9.17, 15) is 9.18 Å². The Hall–Kier alpha value is -2.56. The molecule has 132 valence electrons. The summed E-state index contributed by atoms with van der Waals surface area (Å²) in [5, 5.41) is 0. The number of hydrogen-bond acceptors (Lipinski definition) is 3. The molecule has 25 heavy (non-hydrogen) atoms. The Morgan fingerprint density at radius 2 is 1.76 bits per heavy atom. The molecule has 0 unspecified atom stereocenters. The first-order valence-electron chi connectivity index (χ1n) is 8.48. The monoisotopic (exact) mass is 342 g/mol. The van der Waals surface area contributed by atoms with Crippen molar-refractivity contribution in [2.24, 2.45) is 0 Å². The molecule has 0 spiro atoms. The number of carbonyl (C=O) groups is 1. The maximum Gasteiger partial charge on any atom is 0.227 e. The van der Waals surface area contributed by atoms with Gasteiger partial charge in [-0.15, -0.1) is 0 Å². The van der Waals surface area contributed by atoms with Gasteiger partial charge in [0, 0.05) is 31.9 Å². The highest BCUT2D eigenvalue weighted by Gasteiger charge is 2.21. The number of ether oxygens (including phenoxy) is 1. The fraction of sp³-hybridized carbons (Fsp3) is 0.350. The highest BCUT2D eigenvalue weighted by atomic mass is 19.1. The summed E-state index contributed by atoms with van der Waals surface area (Å²) in [7, 11) is 1.65. The van der Waals surface area contributed by atoms with Crippen LogP contribution in [0.2, 0.25) is 0 Å². The molecule has 4 nitrogen and oxygen atoms in total. The third-order valence-corrected chi connectivity index (χ3v) is 4.64. The lowest BCUT2D eigenvalue weighted by atomic mass is 10.1. The molecule has 2 aromatic carbocycles. The lowest BCUT2D eigenvalue weighted by molar-refractivity contribution is -0.130. The second-order valence-corrected chi connectivity index (χ2v) is 6.33. The van der Waals surface area contributed by atoms with Gasteiger partial charge in [0.25, 0.3) is 0 Å². The van der Waals surface area contributed by atoms with Crippen LogP contribution < -0.4 is 9.64 Å². The zero-order chi connectivity index (χ0) is 17.8. The van der Waals surface area contributed by atoms with Crippen molar-refractivity contribution in [2.45, 2.75) is 13.3 Å². The van der Waals surface area contributed by atoms with E-state index >= 15 is 0 Å². The standard InChI is InChI=1S/C20H23FN2O2/c1-15-13-16(3-8-19(15)25-2)14-20(24)23-11-9-22(10-12-23)18-6-4-17(21)5-7-18/h3-8,13H,9-12,14H2,1-2H3. The van der Waals surface area contributed by atoms with Crippen LogP contribution in [0.25, 0.3) is 0 Å². The van der Waals surface area contributed by atoms with Gasteiger partial charge in [-0.05, 0) is 48.4 Å². The average Bonchev–Trinajstić information content (AvgIpc) is 2.63. The summed E-state index contributed by atoms with van der Waals surface area (Å²) in [5.41, 5.74) is 3.04. The van der Waals surface area contributed by atoms with Gasteiger partial charge in [-0.3, -0.25) is 4.79 Å². The number of nitrogens with zero attached hydrogens (tertiary/aromatic N) is 2. The van der Waals surface area contributed by atoms with Crippen molar-refractivity contribution in [1.29, 1.82) is 0 Å². The van der Waals surface area contributed by atoms with E-state index in [1.807, 2.05) is 30.0 Å². The molecule has 1 heterocycles. The van der Waals surface area contributed by atoms with Crippen LogP contribution >= 0.6 is 0 Å². The number of methoxy groups -OCH3 is 1. The largest absolute Gasteiger partial charge is 0.496 e. The molecule has 5 heteroatoms. The third-order valence-electron chi connectivity index (χ3n) is 4.64. The van der Waals surface area contributed by atoms with Crippen molar-refractivity contribution < 1.29 is 13.9 Å². The topological polar surface area (TPSA) is 32.8 Å². The minimum absolute atomic E-state index is 0.142. The fourth-order valence-electron chi connectivity index (χ4n) is 3.20. The van der Waals surface area contributed by atoms with E-state index in [2.05, 4.69) is 4.90 Å². The van der Waals surface area contributed by atoms with Gasteiger partial charge in [-0.1, -0.05) is 12.1 Å². The molecular weight excluding hydrogens is 319 g/mol. The van der Waals surface area contributed by atoms with Crippen molar-refractivity contribution >= 4 is 11.6 Å². The molecule has 1 amide bonds. The van der Waals surface area contributed by atoms with Crippen LogP contribution in [0.15, 0.2) is 42.5 Å². The summed E-state index contributed by atoms with van der Waals surface area (Å²) in [6, 6.07) is 12.4. The summed E-state index contributed by atoms with van der Waals surface area (Å²) < 4.78 is 18.3. The zero-order valence-corrected chi connectivity index (χ0v) is 14.7. The Morgan fingerprint density at radius 1 is 1.08 bits per heavy atom. The van der Waals surface area contributed by atoms with Crippen molar-refractivity contribution in [3.05, 3.63) is 59.4 Å². The summed E-state index contributed by atoms with van der Waals surface area (Å²) in [5.74, 6) is 0.750. The van der Waals surface area contributed by atoms with E-state index in [0.29, 0.717) is 19.5 Å². The van der Waals surface area contributed by atoms with E-state index in [4.69, 9.17) is 4.74 Å². The van der Waals surface area contributed by atoms with Crippen LogP contribution in [0.3, 0.4) is 0 Å². The molecule has 0 N–H and O–H groups in total. The third kappa shape index (κ3) is 4.10. The number of piperazine rings is 1. The van der Waals surface area contributed by atoms with E-state index in [0.717, 1.165) is 35.7 Å². The predicted molar refractivity (Wildman–Crippen MR) is 96.6 cm³/mol. The van der Waals surface area contributed by atoms with Crippen LogP contribution in [0.5, 0.6) is 5.75 Å². The smallest absolute Gasteiger partial charge is 0.227 e. The lowest BCUT2D eigenvalue weighted by Crippen LogP contribution is -2.49.